The monoisotopic (exact) mass is 240 g/mol. The fourth-order valence-corrected chi connectivity index (χ4v) is 4.05. The summed E-state index contributed by atoms with van der Waals surface area (Å²) in [6.07, 6.45) is 5.21. The van der Waals surface area contributed by atoms with E-state index < -0.39 is 5.60 Å². The van der Waals surface area contributed by atoms with Crippen LogP contribution in [0.5, 0.6) is 0 Å². The first-order valence-electron chi connectivity index (χ1n) is 6.93. The molecule has 17 heavy (non-hydrogen) atoms. The van der Waals surface area contributed by atoms with Gasteiger partial charge in [0.25, 0.3) is 0 Å². The normalized spacial score (nSPS) is 47.3. The maximum absolute atomic E-state index is 11.1. The highest BCUT2D eigenvalue weighted by atomic mass is 16.5. The summed E-state index contributed by atoms with van der Waals surface area (Å²) in [5.74, 6) is 0. The molecule has 0 aliphatic carbocycles. The minimum absolute atomic E-state index is 0.179. The smallest absolute Gasteiger partial charge is 0.0765 e. The van der Waals surface area contributed by atoms with Crippen LogP contribution >= 0.6 is 0 Å². The van der Waals surface area contributed by atoms with Crippen LogP contribution in [0.25, 0.3) is 0 Å². The van der Waals surface area contributed by atoms with Crippen LogP contribution in [0.4, 0.5) is 0 Å². The Balaban J connectivity index is 1.80. The zero-order chi connectivity index (χ0) is 11.9. The summed E-state index contributed by atoms with van der Waals surface area (Å²) < 4.78 is 5.53. The number of aliphatic hydroxyl groups is 1. The minimum atomic E-state index is -0.593. The molecule has 0 aromatic heterocycles. The molecule has 4 heteroatoms. The van der Waals surface area contributed by atoms with E-state index in [0.717, 1.165) is 32.4 Å². The Bertz CT molecular complexity index is 291. The molecular formula is C13H24N2O2. The second-order valence-corrected chi connectivity index (χ2v) is 6.10. The topological polar surface area (TPSA) is 58.7 Å². The van der Waals surface area contributed by atoms with Crippen LogP contribution in [-0.2, 0) is 4.74 Å². The van der Waals surface area contributed by atoms with Crippen LogP contribution in [0, 0.1) is 5.41 Å². The Morgan fingerprint density at radius 1 is 1.35 bits per heavy atom. The number of piperidine rings is 1. The van der Waals surface area contributed by atoms with Crippen molar-refractivity contribution in [2.45, 2.75) is 43.7 Å². The maximum Gasteiger partial charge on any atom is 0.0765 e. The Morgan fingerprint density at radius 3 is 2.94 bits per heavy atom. The molecule has 0 bridgehead atoms. The summed E-state index contributed by atoms with van der Waals surface area (Å²) in [7, 11) is 0. The van der Waals surface area contributed by atoms with E-state index in [4.69, 9.17) is 10.5 Å². The third-order valence-electron chi connectivity index (χ3n) is 5.37. The third kappa shape index (κ3) is 1.73. The van der Waals surface area contributed by atoms with Crippen molar-refractivity contribution < 1.29 is 9.84 Å². The number of nitrogens with two attached hydrogens (primary N) is 1. The second-order valence-electron chi connectivity index (χ2n) is 6.10. The first-order chi connectivity index (χ1) is 8.19. The summed E-state index contributed by atoms with van der Waals surface area (Å²) in [6, 6.07) is 0.581. The zero-order valence-corrected chi connectivity index (χ0v) is 10.5. The molecule has 3 heterocycles. The van der Waals surface area contributed by atoms with Crippen LogP contribution in [0.1, 0.15) is 32.1 Å². The molecule has 3 unspecified atom stereocenters. The average molecular weight is 240 g/mol. The molecular weight excluding hydrogens is 216 g/mol. The molecule has 3 N–H and O–H groups in total. The molecule has 3 rings (SSSR count). The van der Waals surface area contributed by atoms with Gasteiger partial charge < -0.3 is 20.5 Å². The molecule has 3 saturated heterocycles. The van der Waals surface area contributed by atoms with Gasteiger partial charge in [0.05, 0.1) is 12.2 Å². The van der Waals surface area contributed by atoms with Crippen LogP contribution < -0.4 is 5.73 Å². The van der Waals surface area contributed by atoms with E-state index in [9.17, 15) is 5.11 Å². The Morgan fingerprint density at radius 2 is 2.24 bits per heavy atom. The lowest BCUT2D eigenvalue weighted by Crippen LogP contribution is -2.60. The molecule has 3 aliphatic rings. The van der Waals surface area contributed by atoms with Crippen molar-refractivity contribution in [2.24, 2.45) is 11.1 Å². The molecule has 3 atom stereocenters. The van der Waals surface area contributed by atoms with Crippen molar-refractivity contribution in [3.8, 4) is 0 Å². The van der Waals surface area contributed by atoms with Gasteiger partial charge in [-0.3, -0.25) is 0 Å². The van der Waals surface area contributed by atoms with Gasteiger partial charge in [0.2, 0.25) is 0 Å². The summed E-state index contributed by atoms with van der Waals surface area (Å²) in [6.45, 7) is 4.20. The summed E-state index contributed by atoms with van der Waals surface area (Å²) in [5.41, 5.74) is 5.20. The van der Waals surface area contributed by atoms with E-state index in [1.54, 1.807) is 0 Å². The molecule has 4 nitrogen and oxygen atoms in total. The Kier molecular flexibility index (Phi) is 2.94. The molecule has 3 aliphatic heterocycles. The summed E-state index contributed by atoms with van der Waals surface area (Å²) in [5, 5.41) is 11.1. The van der Waals surface area contributed by atoms with Crippen LogP contribution in [0.2, 0.25) is 0 Å². The van der Waals surface area contributed by atoms with Gasteiger partial charge in [0.1, 0.15) is 0 Å². The van der Waals surface area contributed by atoms with Gasteiger partial charge in [-0.25, -0.2) is 0 Å². The average Bonchev–Trinajstić information content (AvgIpc) is 2.97. The zero-order valence-electron chi connectivity index (χ0n) is 10.5. The number of hydrogen-bond donors (Lipinski definition) is 2. The van der Waals surface area contributed by atoms with Crippen molar-refractivity contribution in [3.63, 3.8) is 0 Å². The maximum atomic E-state index is 11.1. The molecule has 0 amide bonds. The van der Waals surface area contributed by atoms with E-state index in [-0.39, 0.29) is 5.41 Å². The largest absolute Gasteiger partial charge is 0.389 e. The van der Waals surface area contributed by atoms with E-state index in [1.165, 1.54) is 19.4 Å². The highest BCUT2D eigenvalue weighted by molar-refractivity contribution is 5.07. The van der Waals surface area contributed by atoms with Crippen LogP contribution in [0.15, 0.2) is 0 Å². The molecule has 0 aromatic rings. The van der Waals surface area contributed by atoms with Gasteiger partial charge in [-0.05, 0) is 38.6 Å². The predicted molar refractivity (Wildman–Crippen MR) is 65.7 cm³/mol. The molecule has 0 aromatic carbocycles. The van der Waals surface area contributed by atoms with Crippen LogP contribution in [-0.4, -0.2) is 54.5 Å². The van der Waals surface area contributed by atoms with E-state index in [1.807, 2.05) is 0 Å². The quantitative estimate of drug-likeness (QED) is 0.731. The number of nitrogens with zero attached hydrogens (tertiary/aromatic N) is 1. The molecule has 98 valence electrons. The molecule has 0 spiro atoms. The van der Waals surface area contributed by atoms with Crippen molar-refractivity contribution in [3.05, 3.63) is 0 Å². The number of fused-ring (bicyclic) bond motifs is 1. The second kappa shape index (κ2) is 4.19. The van der Waals surface area contributed by atoms with Gasteiger partial charge in [-0.1, -0.05) is 0 Å². The van der Waals surface area contributed by atoms with E-state index >= 15 is 0 Å². The SMILES string of the molecule is NCC1(C2(O)CCN3CCCC3C2)CCOC1. The van der Waals surface area contributed by atoms with Crippen LogP contribution in [0.3, 0.4) is 0 Å². The van der Waals surface area contributed by atoms with E-state index in [2.05, 4.69) is 4.90 Å². The van der Waals surface area contributed by atoms with Gasteiger partial charge >= 0.3 is 0 Å². The predicted octanol–water partition coefficient (Wildman–Crippen LogP) is 0.341. The van der Waals surface area contributed by atoms with Crippen molar-refractivity contribution in [1.82, 2.24) is 4.90 Å². The number of rotatable bonds is 2. The lowest BCUT2D eigenvalue weighted by atomic mass is 9.65. The van der Waals surface area contributed by atoms with Crippen molar-refractivity contribution in [1.29, 1.82) is 0 Å². The molecule has 0 radical (unpaired) electrons. The van der Waals surface area contributed by atoms with Gasteiger partial charge in [0, 0.05) is 31.2 Å². The lowest BCUT2D eigenvalue weighted by molar-refractivity contribution is -0.127. The summed E-state index contributed by atoms with van der Waals surface area (Å²) >= 11 is 0. The standard InChI is InChI=1S/C13H24N2O2/c14-9-12(4-7-17-10-12)13(16)3-6-15-5-1-2-11(15)8-13/h11,16H,1-10,14H2. The Hall–Kier alpha value is -0.160. The fraction of sp³-hybridized carbons (Fsp3) is 1.00. The lowest BCUT2D eigenvalue weighted by Gasteiger charge is -2.50. The first kappa shape index (κ1) is 11.9. The molecule has 0 saturated carbocycles. The van der Waals surface area contributed by atoms with Crippen molar-refractivity contribution in [2.75, 3.05) is 32.8 Å². The highest BCUT2D eigenvalue weighted by Gasteiger charge is 2.54. The first-order valence-corrected chi connectivity index (χ1v) is 6.93. The summed E-state index contributed by atoms with van der Waals surface area (Å²) in [4.78, 5) is 2.54. The van der Waals surface area contributed by atoms with E-state index in [0.29, 0.717) is 19.2 Å². The minimum Gasteiger partial charge on any atom is -0.389 e. The third-order valence-corrected chi connectivity index (χ3v) is 5.37. The van der Waals surface area contributed by atoms with Gasteiger partial charge in [-0.2, -0.15) is 0 Å². The fourth-order valence-electron chi connectivity index (χ4n) is 4.05. The number of ether oxygens (including phenoxy) is 1. The van der Waals surface area contributed by atoms with Crippen molar-refractivity contribution >= 4 is 0 Å². The highest BCUT2D eigenvalue weighted by Crippen LogP contribution is 2.47. The molecule has 3 fully saturated rings. The Labute approximate surface area is 103 Å². The number of hydrogen-bond acceptors (Lipinski definition) is 4. The van der Waals surface area contributed by atoms with Gasteiger partial charge in [0.15, 0.2) is 0 Å². The van der Waals surface area contributed by atoms with Gasteiger partial charge in [-0.15, -0.1) is 0 Å².